The first-order valence-electron chi connectivity index (χ1n) is 17.3. The normalized spacial score (nSPS) is 39.6. The summed E-state index contributed by atoms with van der Waals surface area (Å²) in [4.78, 5) is 15.0. The molecule has 5 aliphatic rings. The highest BCUT2D eigenvalue weighted by atomic mass is 16.5. The molecule has 4 heteroatoms. The van der Waals surface area contributed by atoms with Crippen molar-refractivity contribution in [3.05, 3.63) is 11.6 Å². The topological polar surface area (TPSA) is 38.8 Å². The molecule has 1 saturated heterocycles. The van der Waals surface area contributed by atoms with Crippen LogP contribution < -0.4 is 0 Å². The highest BCUT2D eigenvalue weighted by Crippen LogP contribution is 2.67. The van der Waals surface area contributed by atoms with Gasteiger partial charge in [-0.15, -0.1) is 0 Å². The van der Waals surface area contributed by atoms with E-state index in [9.17, 15) is 4.79 Å². The van der Waals surface area contributed by atoms with E-state index in [2.05, 4.69) is 52.5 Å². The van der Waals surface area contributed by atoms with Crippen LogP contribution in [0.25, 0.3) is 0 Å². The fourth-order valence-corrected chi connectivity index (χ4v) is 10.7. The van der Waals surface area contributed by atoms with E-state index < -0.39 is 0 Å². The van der Waals surface area contributed by atoms with Crippen LogP contribution in [0.3, 0.4) is 0 Å². The molecule has 0 spiro atoms. The van der Waals surface area contributed by atoms with Gasteiger partial charge in [-0.25, -0.2) is 0 Å². The van der Waals surface area contributed by atoms with Gasteiger partial charge in [-0.1, -0.05) is 66.0 Å². The van der Waals surface area contributed by atoms with Crippen molar-refractivity contribution < 1.29 is 18.5 Å². The van der Waals surface area contributed by atoms with Crippen LogP contribution in [0.15, 0.2) is 11.6 Å². The van der Waals surface area contributed by atoms with Crippen LogP contribution in [-0.4, -0.2) is 49.8 Å². The third-order valence-electron chi connectivity index (χ3n) is 13.3. The molecule has 1 aliphatic heterocycles. The Morgan fingerprint density at radius 2 is 1.85 bits per heavy atom. The highest BCUT2D eigenvalue weighted by molar-refractivity contribution is 5.69. The van der Waals surface area contributed by atoms with Gasteiger partial charge in [0.15, 0.2) is 0 Å². The van der Waals surface area contributed by atoms with Gasteiger partial charge in [0.1, 0.15) is 6.10 Å². The van der Waals surface area contributed by atoms with Crippen molar-refractivity contribution in [1.82, 2.24) is 4.90 Å². The van der Waals surface area contributed by atoms with Gasteiger partial charge in [-0.3, -0.25) is 9.69 Å². The van der Waals surface area contributed by atoms with Crippen molar-refractivity contribution in [2.24, 2.45) is 52.3 Å². The molecular formula is C36H67NO3. The molecule has 0 aromatic carbocycles. The zero-order valence-corrected chi connectivity index (χ0v) is 26.9. The molecule has 0 radical (unpaired) electrons. The third kappa shape index (κ3) is 6.10. The van der Waals surface area contributed by atoms with E-state index in [1.807, 2.05) is 0 Å². The van der Waals surface area contributed by atoms with E-state index in [0.29, 0.717) is 17.3 Å². The van der Waals surface area contributed by atoms with E-state index in [0.717, 1.165) is 87.1 Å². The van der Waals surface area contributed by atoms with Crippen LogP contribution in [0.4, 0.5) is 0 Å². The van der Waals surface area contributed by atoms with E-state index in [1.165, 1.54) is 57.8 Å². The number of carbonyl (C=O) groups excluding carboxylic acids is 1. The third-order valence-corrected chi connectivity index (χ3v) is 13.3. The number of hydrogen-bond donors (Lipinski definition) is 0. The second kappa shape index (κ2) is 12.8. The van der Waals surface area contributed by atoms with Crippen LogP contribution in [0.2, 0.25) is 0 Å². The first-order valence-corrected chi connectivity index (χ1v) is 17.3. The lowest BCUT2D eigenvalue weighted by Crippen LogP contribution is -2.51. The molecule has 1 heterocycles. The van der Waals surface area contributed by atoms with E-state index in [-0.39, 0.29) is 16.4 Å². The van der Waals surface area contributed by atoms with Gasteiger partial charge in [0.05, 0.1) is 19.6 Å². The summed E-state index contributed by atoms with van der Waals surface area (Å²) in [5.74, 6) is 6.05. The predicted molar refractivity (Wildman–Crippen MR) is 170 cm³/mol. The summed E-state index contributed by atoms with van der Waals surface area (Å²) in [5.41, 5.74) is 2.47. The lowest BCUT2D eigenvalue weighted by atomic mass is 9.47. The SMILES string of the molecule is CC[C@H](CC[C@@H](C)C1CCC2[C@@H]3CC=C4C[C@@H](OC(=O)CCN5CCOCC5)CC[C@]4(C)C3CC[C@@]21C)C(C)C.[HH].[HH].[HH]. The molecule has 0 amide bonds. The van der Waals surface area contributed by atoms with Gasteiger partial charge in [0.2, 0.25) is 0 Å². The first kappa shape index (κ1) is 30.6. The molecular weight excluding hydrogens is 494 g/mol. The van der Waals surface area contributed by atoms with Gasteiger partial charge in [-0.2, -0.15) is 0 Å². The molecule has 3 unspecified atom stereocenters. The standard InChI is InChI=1S/C36H61NO3.3H2/c1-7-27(25(2)3)9-8-26(4)31-12-13-32-30-11-10-28-24-29(40-34(38)16-19-37-20-22-39-23-21-37)14-17-35(28,5)33(30)15-18-36(31,32)6;;;/h10,25-27,29-33H,7-9,11-24H2,1-6H3;3*1H/t26-,27-,29+,30+,31?,32?,33?,35+,36-;;;/m1.../s1. The van der Waals surface area contributed by atoms with Crippen molar-refractivity contribution in [3.8, 4) is 0 Å². The Bertz CT molecular complexity index is 908. The van der Waals surface area contributed by atoms with E-state index in [1.54, 1.807) is 5.57 Å². The molecule has 4 nitrogen and oxygen atoms in total. The van der Waals surface area contributed by atoms with Crippen LogP contribution in [-0.2, 0) is 14.3 Å². The Morgan fingerprint density at radius 1 is 1.07 bits per heavy atom. The van der Waals surface area contributed by atoms with Gasteiger partial charge in [-0.05, 0) is 104 Å². The van der Waals surface area contributed by atoms with Crippen molar-refractivity contribution in [1.29, 1.82) is 0 Å². The number of esters is 1. The van der Waals surface area contributed by atoms with Crippen LogP contribution in [0.1, 0.15) is 123 Å². The minimum Gasteiger partial charge on any atom is -0.462 e. The summed E-state index contributed by atoms with van der Waals surface area (Å²) in [6.45, 7) is 19.3. The largest absolute Gasteiger partial charge is 0.462 e. The number of hydrogen-bond acceptors (Lipinski definition) is 4. The van der Waals surface area contributed by atoms with Gasteiger partial charge >= 0.3 is 5.97 Å². The number of ether oxygens (including phenoxy) is 2. The van der Waals surface area contributed by atoms with Gasteiger partial charge in [0.25, 0.3) is 0 Å². The molecule has 234 valence electrons. The summed E-state index contributed by atoms with van der Waals surface area (Å²) < 4.78 is 11.5. The molecule has 5 rings (SSSR count). The van der Waals surface area contributed by atoms with Crippen LogP contribution in [0.5, 0.6) is 0 Å². The van der Waals surface area contributed by atoms with Crippen LogP contribution >= 0.6 is 0 Å². The fourth-order valence-electron chi connectivity index (χ4n) is 10.7. The summed E-state index contributed by atoms with van der Waals surface area (Å²) >= 11 is 0. The number of fused-ring (bicyclic) bond motifs is 5. The Hall–Kier alpha value is -0.870. The smallest absolute Gasteiger partial charge is 0.307 e. The van der Waals surface area contributed by atoms with Gasteiger partial charge in [0, 0.05) is 30.3 Å². The fraction of sp³-hybridized carbons (Fsp3) is 0.917. The van der Waals surface area contributed by atoms with E-state index >= 15 is 0 Å². The van der Waals surface area contributed by atoms with Crippen molar-refractivity contribution in [3.63, 3.8) is 0 Å². The summed E-state index contributed by atoms with van der Waals surface area (Å²) in [6.07, 6.45) is 17.6. The zero-order chi connectivity index (χ0) is 28.5. The van der Waals surface area contributed by atoms with Crippen molar-refractivity contribution >= 4 is 5.97 Å². The molecule has 4 aliphatic carbocycles. The minimum atomic E-state index is -0.00687. The molecule has 4 fully saturated rings. The number of carbonyl (C=O) groups is 1. The first-order chi connectivity index (χ1) is 19.2. The lowest BCUT2D eigenvalue weighted by molar-refractivity contribution is -0.152. The summed E-state index contributed by atoms with van der Waals surface area (Å²) in [6, 6.07) is 0. The maximum atomic E-state index is 12.7. The van der Waals surface area contributed by atoms with E-state index in [4.69, 9.17) is 9.47 Å². The Labute approximate surface area is 250 Å². The quantitative estimate of drug-likeness (QED) is 0.197. The number of nitrogens with zero attached hydrogens (tertiary/aromatic N) is 1. The molecule has 0 aromatic rings. The van der Waals surface area contributed by atoms with Crippen molar-refractivity contribution in [2.75, 3.05) is 32.8 Å². The molecule has 40 heavy (non-hydrogen) atoms. The zero-order valence-electron chi connectivity index (χ0n) is 26.9. The average molecular weight is 562 g/mol. The average Bonchev–Trinajstić information content (AvgIpc) is 3.30. The second-order valence-corrected chi connectivity index (χ2v) is 15.5. The predicted octanol–water partition coefficient (Wildman–Crippen LogP) is 9.04. The highest BCUT2D eigenvalue weighted by Gasteiger charge is 2.59. The molecule has 0 N–H and O–H groups in total. The Kier molecular flexibility index (Phi) is 9.77. The monoisotopic (exact) mass is 562 g/mol. The minimum absolute atomic E-state index is 0. The maximum Gasteiger partial charge on any atom is 0.307 e. The number of rotatable bonds is 10. The Morgan fingerprint density at radius 3 is 2.58 bits per heavy atom. The second-order valence-electron chi connectivity index (χ2n) is 15.5. The maximum absolute atomic E-state index is 12.7. The molecule has 3 saturated carbocycles. The molecule has 0 bridgehead atoms. The number of morpholine rings is 1. The van der Waals surface area contributed by atoms with Crippen LogP contribution in [0, 0.1) is 52.3 Å². The number of allylic oxidation sites excluding steroid dienone is 1. The summed E-state index contributed by atoms with van der Waals surface area (Å²) in [5, 5.41) is 0. The van der Waals surface area contributed by atoms with Gasteiger partial charge < -0.3 is 9.47 Å². The van der Waals surface area contributed by atoms with Crippen molar-refractivity contribution in [2.45, 2.75) is 125 Å². The Balaban J connectivity index is 0.00000215. The summed E-state index contributed by atoms with van der Waals surface area (Å²) in [7, 11) is 0. The molecule has 0 aromatic heterocycles. The lowest BCUT2D eigenvalue weighted by Gasteiger charge is -2.58. The molecule has 9 atom stereocenters.